The van der Waals surface area contributed by atoms with Crippen molar-refractivity contribution in [3.63, 3.8) is 0 Å². The molecule has 2 heterocycles. The summed E-state index contributed by atoms with van der Waals surface area (Å²) in [5.41, 5.74) is 3.36. The number of fused-ring (bicyclic) bond motifs is 1. The van der Waals surface area contributed by atoms with Gasteiger partial charge in [-0.25, -0.2) is 9.98 Å². The van der Waals surface area contributed by atoms with Crippen LogP contribution in [0.25, 0.3) is 0 Å². The standard InChI is InChI=1S/C20H18ClN5O/c1-12-4-3-5-16(10-12)23-19-24-18(14-6-8-15(21)9-7-14)26-17(27)11-13(2)22-20(26)25-19/h3-11,18H,1-2H3,(H2,22,23,24,25)/t18-/m1/s1. The van der Waals surface area contributed by atoms with Gasteiger partial charge in [-0.3, -0.25) is 14.7 Å². The largest absolute Gasteiger partial charge is 0.326 e. The number of aliphatic imine (C=N–C) groups is 1. The van der Waals surface area contributed by atoms with Crippen molar-refractivity contribution in [2.24, 2.45) is 4.99 Å². The van der Waals surface area contributed by atoms with Crippen molar-refractivity contribution in [2.45, 2.75) is 20.0 Å². The molecule has 0 aliphatic carbocycles. The van der Waals surface area contributed by atoms with Crippen LogP contribution in [0.5, 0.6) is 0 Å². The number of rotatable bonds is 2. The lowest BCUT2D eigenvalue weighted by atomic mass is 10.1. The predicted octanol–water partition coefficient (Wildman–Crippen LogP) is 3.95. The molecule has 0 amide bonds. The van der Waals surface area contributed by atoms with Crippen molar-refractivity contribution >= 4 is 29.2 Å². The van der Waals surface area contributed by atoms with Crippen molar-refractivity contribution in [3.8, 4) is 0 Å². The summed E-state index contributed by atoms with van der Waals surface area (Å²) >= 11 is 6.01. The van der Waals surface area contributed by atoms with Crippen LogP contribution >= 0.6 is 11.6 Å². The monoisotopic (exact) mass is 379 g/mol. The maximum Gasteiger partial charge on any atom is 0.257 e. The number of hydrogen-bond acceptors (Lipinski definition) is 5. The van der Waals surface area contributed by atoms with Crippen molar-refractivity contribution in [1.82, 2.24) is 9.55 Å². The molecule has 136 valence electrons. The van der Waals surface area contributed by atoms with Gasteiger partial charge in [0.05, 0.1) is 0 Å². The van der Waals surface area contributed by atoms with Gasteiger partial charge in [-0.05, 0) is 49.2 Å². The average molecular weight is 380 g/mol. The number of halogens is 1. The molecule has 1 aliphatic rings. The van der Waals surface area contributed by atoms with Gasteiger partial charge >= 0.3 is 0 Å². The zero-order chi connectivity index (χ0) is 19.0. The lowest BCUT2D eigenvalue weighted by molar-refractivity contribution is 0.577. The fraction of sp³-hybridized carbons (Fsp3) is 0.150. The predicted molar refractivity (Wildman–Crippen MR) is 109 cm³/mol. The third-order valence-corrected chi connectivity index (χ3v) is 4.51. The Kier molecular flexibility index (Phi) is 4.41. The lowest BCUT2D eigenvalue weighted by Gasteiger charge is -2.27. The summed E-state index contributed by atoms with van der Waals surface area (Å²) in [7, 11) is 0. The van der Waals surface area contributed by atoms with Gasteiger partial charge in [-0.15, -0.1) is 0 Å². The third-order valence-electron chi connectivity index (χ3n) is 4.26. The SMILES string of the molecule is Cc1cccc(NC2=N[C@@H](c3ccc(Cl)cc3)n3c(nc(C)cc3=O)N2)c1. The number of guanidine groups is 1. The van der Waals surface area contributed by atoms with Gasteiger partial charge in [0.2, 0.25) is 11.9 Å². The van der Waals surface area contributed by atoms with Crippen LogP contribution in [-0.4, -0.2) is 15.5 Å². The van der Waals surface area contributed by atoms with Crippen LogP contribution in [0, 0.1) is 13.8 Å². The number of aromatic nitrogens is 2. The van der Waals surface area contributed by atoms with E-state index >= 15 is 0 Å². The summed E-state index contributed by atoms with van der Waals surface area (Å²) in [4.78, 5) is 21.8. The molecule has 0 unspecified atom stereocenters. The van der Waals surface area contributed by atoms with Gasteiger partial charge in [0, 0.05) is 22.5 Å². The number of nitrogens with zero attached hydrogens (tertiary/aromatic N) is 3. The molecule has 0 saturated carbocycles. The Morgan fingerprint density at radius 1 is 1.11 bits per heavy atom. The number of hydrogen-bond donors (Lipinski definition) is 2. The van der Waals surface area contributed by atoms with E-state index in [1.807, 2.05) is 43.3 Å². The lowest BCUT2D eigenvalue weighted by Crippen LogP contribution is -2.37. The Morgan fingerprint density at radius 2 is 1.89 bits per heavy atom. The average Bonchev–Trinajstić information content (AvgIpc) is 2.61. The van der Waals surface area contributed by atoms with Crippen LogP contribution in [0.3, 0.4) is 0 Å². The second kappa shape index (κ2) is 6.89. The molecular weight excluding hydrogens is 362 g/mol. The second-order valence-corrected chi connectivity index (χ2v) is 6.89. The molecule has 0 spiro atoms. The molecule has 27 heavy (non-hydrogen) atoms. The second-order valence-electron chi connectivity index (χ2n) is 6.45. The summed E-state index contributed by atoms with van der Waals surface area (Å²) in [6, 6.07) is 16.8. The van der Waals surface area contributed by atoms with E-state index < -0.39 is 6.17 Å². The fourth-order valence-corrected chi connectivity index (χ4v) is 3.16. The summed E-state index contributed by atoms with van der Waals surface area (Å²) in [6.07, 6.45) is -0.536. The van der Waals surface area contributed by atoms with Gasteiger partial charge in [0.25, 0.3) is 5.56 Å². The van der Waals surface area contributed by atoms with Crippen molar-refractivity contribution < 1.29 is 0 Å². The van der Waals surface area contributed by atoms with Gasteiger partial charge in [0.15, 0.2) is 6.17 Å². The first kappa shape index (κ1) is 17.3. The first-order valence-electron chi connectivity index (χ1n) is 8.54. The molecule has 0 radical (unpaired) electrons. The number of aryl methyl sites for hydroxylation is 2. The Bertz CT molecular complexity index is 1090. The third kappa shape index (κ3) is 3.57. The molecule has 1 atom stereocenters. The fourth-order valence-electron chi connectivity index (χ4n) is 3.03. The topological polar surface area (TPSA) is 71.3 Å². The van der Waals surface area contributed by atoms with Gasteiger partial charge in [-0.2, -0.15) is 0 Å². The van der Waals surface area contributed by atoms with Crippen LogP contribution < -0.4 is 16.2 Å². The van der Waals surface area contributed by atoms with Crippen LogP contribution in [0.15, 0.2) is 64.4 Å². The Hall–Kier alpha value is -3.12. The zero-order valence-electron chi connectivity index (χ0n) is 14.9. The van der Waals surface area contributed by atoms with Crippen LogP contribution in [-0.2, 0) is 0 Å². The molecule has 0 fully saturated rings. The van der Waals surface area contributed by atoms with Gasteiger partial charge in [-0.1, -0.05) is 35.9 Å². The minimum absolute atomic E-state index is 0.164. The quantitative estimate of drug-likeness (QED) is 0.707. The van der Waals surface area contributed by atoms with Gasteiger partial charge in [0.1, 0.15) is 0 Å². The molecule has 7 heteroatoms. The molecule has 4 rings (SSSR count). The molecule has 3 aromatic rings. The summed E-state index contributed by atoms with van der Waals surface area (Å²) in [5, 5.41) is 7.02. The molecule has 2 aromatic carbocycles. The summed E-state index contributed by atoms with van der Waals surface area (Å²) < 4.78 is 1.54. The number of anilines is 2. The van der Waals surface area contributed by atoms with Gasteiger partial charge < -0.3 is 5.32 Å². The normalized spacial score (nSPS) is 15.5. The first-order valence-corrected chi connectivity index (χ1v) is 8.91. The van der Waals surface area contributed by atoms with E-state index in [0.29, 0.717) is 22.6 Å². The zero-order valence-corrected chi connectivity index (χ0v) is 15.7. The minimum atomic E-state index is -0.536. The van der Waals surface area contributed by atoms with Crippen LogP contribution in [0.1, 0.15) is 23.0 Å². The maximum absolute atomic E-state index is 12.6. The molecule has 1 aromatic heterocycles. The summed E-state index contributed by atoms with van der Waals surface area (Å²) in [5.74, 6) is 0.975. The highest BCUT2D eigenvalue weighted by Crippen LogP contribution is 2.26. The van der Waals surface area contributed by atoms with E-state index in [4.69, 9.17) is 16.6 Å². The van der Waals surface area contributed by atoms with Crippen LogP contribution in [0.4, 0.5) is 11.6 Å². The smallest absolute Gasteiger partial charge is 0.257 e. The highest BCUT2D eigenvalue weighted by atomic mass is 35.5. The van der Waals surface area contributed by atoms with Crippen molar-refractivity contribution in [1.29, 1.82) is 0 Å². The molecule has 1 aliphatic heterocycles. The highest BCUT2D eigenvalue weighted by molar-refractivity contribution is 6.30. The first-order chi connectivity index (χ1) is 13.0. The van der Waals surface area contributed by atoms with E-state index in [1.165, 1.54) is 10.6 Å². The molecule has 6 nitrogen and oxygen atoms in total. The van der Waals surface area contributed by atoms with Crippen molar-refractivity contribution in [3.05, 3.63) is 86.8 Å². The Labute approximate surface area is 161 Å². The molecule has 0 saturated heterocycles. The Balaban J connectivity index is 1.80. The Morgan fingerprint density at radius 3 is 2.63 bits per heavy atom. The summed E-state index contributed by atoms with van der Waals surface area (Å²) in [6.45, 7) is 3.82. The van der Waals surface area contributed by atoms with E-state index in [1.54, 1.807) is 19.1 Å². The number of benzene rings is 2. The highest BCUT2D eigenvalue weighted by Gasteiger charge is 2.25. The molecule has 2 N–H and O–H groups in total. The van der Waals surface area contributed by atoms with E-state index in [0.717, 1.165) is 16.8 Å². The van der Waals surface area contributed by atoms with E-state index in [-0.39, 0.29) is 5.56 Å². The maximum atomic E-state index is 12.6. The van der Waals surface area contributed by atoms with E-state index in [2.05, 4.69) is 15.6 Å². The minimum Gasteiger partial charge on any atom is -0.326 e. The van der Waals surface area contributed by atoms with E-state index in [9.17, 15) is 4.79 Å². The molecule has 0 bridgehead atoms. The number of nitrogens with one attached hydrogen (secondary N) is 2. The van der Waals surface area contributed by atoms with Crippen LogP contribution in [0.2, 0.25) is 5.02 Å². The van der Waals surface area contributed by atoms with Crippen molar-refractivity contribution in [2.75, 3.05) is 10.6 Å². The molecular formula is C20H18ClN5O.